The number of aromatic nitrogens is 4. The molecule has 1 aromatic carbocycles. The monoisotopic (exact) mass is 258 g/mol. The fourth-order valence-electron chi connectivity index (χ4n) is 2.34. The van der Waals surface area contributed by atoms with E-state index in [1.807, 2.05) is 0 Å². The van der Waals surface area contributed by atoms with Gasteiger partial charge in [-0.15, -0.1) is 10.2 Å². The van der Waals surface area contributed by atoms with E-state index in [1.165, 1.54) is 36.4 Å². The van der Waals surface area contributed by atoms with Crippen molar-refractivity contribution < 1.29 is 0 Å². The quantitative estimate of drug-likeness (QED) is 0.899. The lowest BCUT2D eigenvalue weighted by Crippen LogP contribution is -2.17. The lowest BCUT2D eigenvalue weighted by Gasteiger charge is -2.17. The zero-order valence-electron chi connectivity index (χ0n) is 11.1. The molecule has 1 aliphatic heterocycles. The zero-order valence-corrected chi connectivity index (χ0v) is 11.1. The highest BCUT2D eigenvalue weighted by molar-refractivity contribution is 5.55. The Morgan fingerprint density at radius 1 is 1.16 bits per heavy atom. The van der Waals surface area contributed by atoms with Gasteiger partial charge in [-0.1, -0.05) is 0 Å². The Morgan fingerprint density at radius 3 is 2.53 bits per heavy atom. The van der Waals surface area contributed by atoms with Crippen LogP contribution in [0.25, 0.3) is 0 Å². The van der Waals surface area contributed by atoms with Gasteiger partial charge in [0.1, 0.15) is 0 Å². The van der Waals surface area contributed by atoms with Gasteiger partial charge in [-0.25, -0.2) is 0 Å². The second-order valence-corrected chi connectivity index (χ2v) is 4.79. The van der Waals surface area contributed by atoms with Gasteiger partial charge in [0.15, 0.2) is 5.82 Å². The second-order valence-electron chi connectivity index (χ2n) is 4.79. The van der Waals surface area contributed by atoms with Crippen molar-refractivity contribution in [1.29, 1.82) is 0 Å². The van der Waals surface area contributed by atoms with Gasteiger partial charge in [0, 0.05) is 24.5 Å². The molecular formula is C13H18N6. The van der Waals surface area contributed by atoms with Gasteiger partial charge in [-0.3, -0.25) is 0 Å². The lowest BCUT2D eigenvalue weighted by molar-refractivity contribution is 0.628. The molecule has 0 atom stereocenters. The van der Waals surface area contributed by atoms with Crippen molar-refractivity contribution >= 4 is 11.4 Å². The summed E-state index contributed by atoms with van der Waals surface area (Å²) in [6.07, 6.45) is 2.61. The number of anilines is 2. The number of nitrogens with one attached hydrogen (secondary N) is 1. The fraction of sp³-hybridized carbons (Fsp3) is 0.462. The first kappa shape index (κ1) is 12.0. The summed E-state index contributed by atoms with van der Waals surface area (Å²) in [5, 5.41) is 15.2. The first-order chi connectivity index (χ1) is 9.31. The van der Waals surface area contributed by atoms with Gasteiger partial charge in [0.2, 0.25) is 0 Å². The topological polar surface area (TPSA) is 58.9 Å². The van der Waals surface area contributed by atoms with Crippen molar-refractivity contribution in [3.05, 3.63) is 30.1 Å². The molecule has 0 saturated carbocycles. The molecule has 1 aliphatic rings. The Morgan fingerprint density at radius 2 is 1.89 bits per heavy atom. The van der Waals surface area contributed by atoms with Gasteiger partial charge in [0.05, 0.1) is 13.6 Å². The minimum absolute atomic E-state index is 0.594. The van der Waals surface area contributed by atoms with Crippen LogP contribution in [0.3, 0.4) is 0 Å². The standard InChI is InChI=1S/C13H18N6/c1-18-16-13(15-17-18)10-14-11-4-6-12(7-5-11)19-8-2-3-9-19/h4-7,14H,2-3,8-10H2,1H3. The van der Waals surface area contributed by atoms with E-state index in [-0.39, 0.29) is 0 Å². The number of aryl methyl sites for hydroxylation is 1. The number of tetrazole rings is 1. The third-order valence-electron chi connectivity index (χ3n) is 3.34. The van der Waals surface area contributed by atoms with Gasteiger partial charge in [0.25, 0.3) is 0 Å². The van der Waals surface area contributed by atoms with Gasteiger partial charge in [-0.05, 0) is 42.3 Å². The van der Waals surface area contributed by atoms with Crippen LogP contribution in [0, 0.1) is 0 Å². The van der Waals surface area contributed by atoms with Gasteiger partial charge >= 0.3 is 0 Å². The maximum absolute atomic E-state index is 4.13. The van der Waals surface area contributed by atoms with Crippen LogP contribution in [0.4, 0.5) is 11.4 Å². The van der Waals surface area contributed by atoms with Crippen LogP contribution in [0.2, 0.25) is 0 Å². The highest BCUT2D eigenvalue weighted by Gasteiger charge is 2.11. The molecule has 2 aromatic rings. The van der Waals surface area contributed by atoms with Crippen LogP contribution in [0.5, 0.6) is 0 Å². The summed E-state index contributed by atoms with van der Waals surface area (Å²) in [5.74, 6) is 0.700. The molecule has 0 unspecified atom stereocenters. The molecule has 100 valence electrons. The Bertz CT molecular complexity index is 526. The van der Waals surface area contributed by atoms with E-state index in [1.54, 1.807) is 7.05 Å². The highest BCUT2D eigenvalue weighted by Crippen LogP contribution is 2.22. The minimum atomic E-state index is 0.594. The van der Waals surface area contributed by atoms with Crippen molar-refractivity contribution in [2.75, 3.05) is 23.3 Å². The van der Waals surface area contributed by atoms with Crippen LogP contribution in [-0.4, -0.2) is 33.3 Å². The Hall–Kier alpha value is -2.11. The molecule has 3 rings (SSSR count). The summed E-state index contributed by atoms with van der Waals surface area (Å²) >= 11 is 0. The van der Waals surface area contributed by atoms with E-state index in [4.69, 9.17) is 0 Å². The molecule has 6 heteroatoms. The molecular weight excluding hydrogens is 240 g/mol. The van der Waals surface area contributed by atoms with Crippen LogP contribution >= 0.6 is 0 Å². The summed E-state index contributed by atoms with van der Waals surface area (Å²) in [7, 11) is 1.77. The highest BCUT2D eigenvalue weighted by atomic mass is 15.6. The molecule has 0 spiro atoms. The molecule has 1 aromatic heterocycles. The zero-order chi connectivity index (χ0) is 13.1. The summed E-state index contributed by atoms with van der Waals surface area (Å²) in [5.41, 5.74) is 2.39. The predicted octanol–water partition coefficient (Wildman–Crippen LogP) is 1.42. The van der Waals surface area contributed by atoms with Gasteiger partial charge in [-0.2, -0.15) is 4.80 Å². The molecule has 6 nitrogen and oxygen atoms in total. The maximum atomic E-state index is 4.13. The van der Waals surface area contributed by atoms with E-state index in [9.17, 15) is 0 Å². The van der Waals surface area contributed by atoms with Crippen molar-refractivity contribution in [1.82, 2.24) is 20.2 Å². The van der Waals surface area contributed by atoms with Crippen molar-refractivity contribution in [2.24, 2.45) is 7.05 Å². The van der Waals surface area contributed by atoms with E-state index < -0.39 is 0 Å². The van der Waals surface area contributed by atoms with Crippen LogP contribution in [0.1, 0.15) is 18.7 Å². The molecule has 0 bridgehead atoms. The van der Waals surface area contributed by atoms with Crippen molar-refractivity contribution in [3.63, 3.8) is 0 Å². The molecule has 0 amide bonds. The minimum Gasteiger partial charge on any atom is -0.378 e. The molecule has 1 fully saturated rings. The summed E-state index contributed by atoms with van der Waals surface area (Å²) in [6, 6.07) is 8.53. The van der Waals surface area contributed by atoms with Crippen molar-refractivity contribution in [3.8, 4) is 0 Å². The number of benzene rings is 1. The molecule has 0 radical (unpaired) electrons. The third kappa shape index (κ3) is 2.83. The predicted molar refractivity (Wildman–Crippen MR) is 74.0 cm³/mol. The van der Waals surface area contributed by atoms with E-state index in [0.29, 0.717) is 12.4 Å². The number of rotatable bonds is 4. The van der Waals surface area contributed by atoms with E-state index >= 15 is 0 Å². The number of nitrogens with zero attached hydrogens (tertiary/aromatic N) is 5. The summed E-state index contributed by atoms with van der Waals surface area (Å²) in [6.45, 7) is 2.95. The molecule has 1 N–H and O–H groups in total. The molecule has 0 aliphatic carbocycles. The average molecular weight is 258 g/mol. The smallest absolute Gasteiger partial charge is 0.193 e. The summed E-state index contributed by atoms with van der Waals surface area (Å²) < 4.78 is 0. The average Bonchev–Trinajstić information content (AvgIpc) is 3.08. The number of hydrogen-bond acceptors (Lipinski definition) is 5. The SMILES string of the molecule is Cn1nnc(CNc2ccc(N3CCCC3)cc2)n1. The Balaban J connectivity index is 1.59. The second kappa shape index (κ2) is 5.26. The van der Waals surface area contributed by atoms with Crippen LogP contribution in [-0.2, 0) is 13.6 Å². The Kier molecular flexibility index (Phi) is 3.31. The molecule has 1 saturated heterocycles. The van der Waals surface area contributed by atoms with E-state index in [0.717, 1.165) is 5.69 Å². The third-order valence-corrected chi connectivity index (χ3v) is 3.34. The number of hydrogen-bond donors (Lipinski definition) is 1. The fourth-order valence-corrected chi connectivity index (χ4v) is 2.34. The lowest BCUT2D eigenvalue weighted by atomic mass is 10.2. The summed E-state index contributed by atoms with van der Waals surface area (Å²) in [4.78, 5) is 3.89. The molecule has 19 heavy (non-hydrogen) atoms. The normalized spacial score (nSPS) is 14.9. The first-order valence-electron chi connectivity index (χ1n) is 6.63. The molecule has 2 heterocycles. The van der Waals surface area contributed by atoms with Gasteiger partial charge < -0.3 is 10.2 Å². The van der Waals surface area contributed by atoms with Crippen molar-refractivity contribution in [2.45, 2.75) is 19.4 Å². The van der Waals surface area contributed by atoms with Crippen LogP contribution < -0.4 is 10.2 Å². The maximum Gasteiger partial charge on any atom is 0.193 e. The van der Waals surface area contributed by atoms with E-state index in [2.05, 4.69) is 49.9 Å². The Labute approximate surface area is 112 Å². The largest absolute Gasteiger partial charge is 0.378 e. The first-order valence-corrected chi connectivity index (χ1v) is 6.63. The van der Waals surface area contributed by atoms with Crippen LogP contribution in [0.15, 0.2) is 24.3 Å².